The molecule has 0 spiro atoms. The van der Waals surface area contributed by atoms with Gasteiger partial charge in [-0.25, -0.2) is 8.78 Å². The smallest absolute Gasteiger partial charge is 0.238 e. The van der Waals surface area contributed by atoms with Gasteiger partial charge in [-0.1, -0.05) is 0 Å². The van der Waals surface area contributed by atoms with Gasteiger partial charge in [-0.15, -0.1) is 0 Å². The average molecular weight is 283 g/mol. The average Bonchev–Trinajstić information content (AvgIpc) is 2.44. The summed E-state index contributed by atoms with van der Waals surface area (Å²) in [5.74, 6) is -2.12. The molecule has 20 heavy (non-hydrogen) atoms. The van der Waals surface area contributed by atoms with Crippen LogP contribution in [-0.4, -0.2) is 43.5 Å². The van der Waals surface area contributed by atoms with Crippen LogP contribution in [0.2, 0.25) is 0 Å². The molecular formula is C14H19F2N3O. The Labute approximate surface area is 117 Å². The van der Waals surface area contributed by atoms with Crippen LogP contribution in [0.25, 0.3) is 0 Å². The van der Waals surface area contributed by atoms with E-state index >= 15 is 0 Å². The van der Waals surface area contributed by atoms with E-state index in [1.54, 1.807) is 0 Å². The Morgan fingerprint density at radius 3 is 2.90 bits per heavy atom. The maximum atomic E-state index is 13.0. The SMILES string of the molecule is CN(CC(=O)Nc1ccc(F)c(F)c1)C1CCCNC1. The van der Waals surface area contributed by atoms with Crippen LogP contribution >= 0.6 is 0 Å². The van der Waals surface area contributed by atoms with Gasteiger partial charge in [-0.05, 0) is 38.6 Å². The largest absolute Gasteiger partial charge is 0.325 e. The summed E-state index contributed by atoms with van der Waals surface area (Å²) in [5.41, 5.74) is 0.268. The van der Waals surface area contributed by atoms with Crippen molar-refractivity contribution in [1.82, 2.24) is 10.2 Å². The first-order valence-electron chi connectivity index (χ1n) is 6.72. The zero-order valence-electron chi connectivity index (χ0n) is 11.5. The third-order valence-electron chi connectivity index (χ3n) is 3.49. The molecule has 1 unspecified atom stereocenters. The lowest BCUT2D eigenvalue weighted by Crippen LogP contribution is -2.46. The summed E-state index contributed by atoms with van der Waals surface area (Å²) in [6.07, 6.45) is 2.15. The Bertz CT molecular complexity index is 475. The number of amides is 1. The highest BCUT2D eigenvalue weighted by Crippen LogP contribution is 2.13. The van der Waals surface area contributed by atoms with Crippen LogP contribution in [0.3, 0.4) is 0 Å². The van der Waals surface area contributed by atoms with Gasteiger partial charge in [-0.2, -0.15) is 0 Å². The zero-order chi connectivity index (χ0) is 14.5. The van der Waals surface area contributed by atoms with Crippen molar-refractivity contribution in [3.05, 3.63) is 29.8 Å². The predicted molar refractivity (Wildman–Crippen MR) is 73.5 cm³/mol. The number of nitrogens with one attached hydrogen (secondary N) is 2. The lowest BCUT2D eigenvalue weighted by Gasteiger charge is -2.31. The van der Waals surface area contributed by atoms with Crippen LogP contribution < -0.4 is 10.6 Å². The molecule has 110 valence electrons. The van der Waals surface area contributed by atoms with Crippen molar-refractivity contribution in [1.29, 1.82) is 0 Å². The van der Waals surface area contributed by atoms with E-state index in [4.69, 9.17) is 0 Å². The van der Waals surface area contributed by atoms with E-state index in [0.29, 0.717) is 6.04 Å². The summed E-state index contributed by atoms with van der Waals surface area (Å²) >= 11 is 0. The molecule has 6 heteroatoms. The number of anilines is 1. The van der Waals surface area contributed by atoms with E-state index < -0.39 is 11.6 Å². The van der Waals surface area contributed by atoms with Crippen molar-refractivity contribution >= 4 is 11.6 Å². The fourth-order valence-electron chi connectivity index (χ4n) is 2.34. The maximum Gasteiger partial charge on any atom is 0.238 e. The first kappa shape index (κ1) is 14.9. The summed E-state index contributed by atoms with van der Waals surface area (Å²) in [5, 5.41) is 5.86. The van der Waals surface area contributed by atoms with E-state index in [-0.39, 0.29) is 18.1 Å². The molecule has 1 aromatic carbocycles. The number of carbonyl (C=O) groups is 1. The van der Waals surface area contributed by atoms with Crippen molar-refractivity contribution in [3.63, 3.8) is 0 Å². The highest BCUT2D eigenvalue weighted by atomic mass is 19.2. The third-order valence-corrected chi connectivity index (χ3v) is 3.49. The fraction of sp³-hybridized carbons (Fsp3) is 0.500. The summed E-state index contributed by atoms with van der Waals surface area (Å²) < 4.78 is 25.8. The monoisotopic (exact) mass is 283 g/mol. The van der Waals surface area contributed by atoms with Crippen LogP contribution in [0.4, 0.5) is 14.5 Å². The topological polar surface area (TPSA) is 44.4 Å². The lowest BCUT2D eigenvalue weighted by molar-refractivity contribution is -0.117. The summed E-state index contributed by atoms with van der Waals surface area (Å²) in [6.45, 7) is 2.12. The first-order valence-corrected chi connectivity index (χ1v) is 6.72. The summed E-state index contributed by atoms with van der Waals surface area (Å²) in [4.78, 5) is 13.8. The van der Waals surface area contributed by atoms with Gasteiger partial charge >= 0.3 is 0 Å². The second-order valence-electron chi connectivity index (χ2n) is 5.09. The molecule has 0 saturated carbocycles. The van der Waals surface area contributed by atoms with E-state index in [0.717, 1.165) is 38.1 Å². The number of carbonyl (C=O) groups excluding carboxylic acids is 1. The number of hydrogen-bond donors (Lipinski definition) is 2. The molecule has 1 saturated heterocycles. The number of likely N-dealkylation sites (N-methyl/N-ethyl adjacent to an activating group) is 1. The maximum absolute atomic E-state index is 13.0. The van der Waals surface area contributed by atoms with Crippen LogP contribution in [0.15, 0.2) is 18.2 Å². The third kappa shape index (κ3) is 3.98. The molecule has 1 aliphatic heterocycles. The summed E-state index contributed by atoms with van der Waals surface area (Å²) in [6, 6.07) is 3.66. The first-order chi connectivity index (χ1) is 9.56. The number of piperidine rings is 1. The Kier molecular flexibility index (Phi) is 5.03. The van der Waals surface area contributed by atoms with Gasteiger partial charge in [0.25, 0.3) is 0 Å². The van der Waals surface area contributed by atoms with Crippen LogP contribution in [0.1, 0.15) is 12.8 Å². The minimum atomic E-state index is -0.965. The number of halogens is 2. The second-order valence-corrected chi connectivity index (χ2v) is 5.09. The molecule has 0 aromatic heterocycles. The van der Waals surface area contributed by atoms with Gasteiger partial charge in [0.05, 0.1) is 6.54 Å². The number of benzene rings is 1. The highest BCUT2D eigenvalue weighted by Gasteiger charge is 2.19. The van der Waals surface area contributed by atoms with Gasteiger partial charge in [-0.3, -0.25) is 9.69 Å². The second kappa shape index (κ2) is 6.76. The van der Waals surface area contributed by atoms with Crippen molar-refractivity contribution < 1.29 is 13.6 Å². The predicted octanol–water partition coefficient (Wildman–Crippen LogP) is 1.59. The molecule has 1 fully saturated rings. The van der Waals surface area contributed by atoms with E-state index in [1.165, 1.54) is 6.07 Å². The molecule has 1 atom stereocenters. The molecule has 1 amide bonds. The molecule has 2 N–H and O–H groups in total. The van der Waals surface area contributed by atoms with Crippen LogP contribution in [0.5, 0.6) is 0 Å². The Morgan fingerprint density at radius 2 is 2.25 bits per heavy atom. The minimum Gasteiger partial charge on any atom is -0.325 e. The highest BCUT2D eigenvalue weighted by molar-refractivity contribution is 5.92. The Balaban J connectivity index is 1.86. The lowest BCUT2D eigenvalue weighted by atomic mass is 10.1. The minimum absolute atomic E-state index is 0.228. The van der Waals surface area contributed by atoms with Crippen molar-refractivity contribution in [2.45, 2.75) is 18.9 Å². The van der Waals surface area contributed by atoms with Crippen LogP contribution in [-0.2, 0) is 4.79 Å². The van der Waals surface area contributed by atoms with Gasteiger partial charge in [0.15, 0.2) is 11.6 Å². The van der Waals surface area contributed by atoms with Gasteiger partial charge in [0.2, 0.25) is 5.91 Å². The van der Waals surface area contributed by atoms with Crippen molar-refractivity contribution in [2.75, 3.05) is 32.0 Å². The summed E-state index contributed by atoms with van der Waals surface area (Å²) in [7, 11) is 1.89. The zero-order valence-corrected chi connectivity index (χ0v) is 11.5. The molecule has 2 rings (SSSR count). The van der Waals surface area contributed by atoms with Crippen molar-refractivity contribution in [2.24, 2.45) is 0 Å². The Morgan fingerprint density at radius 1 is 1.45 bits per heavy atom. The van der Waals surface area contributed by atoms with Gasteiger partial charge in [0.1, 0.15) is 0 Å². The molecule has 0 aliphatic carbocycles. The quantitative estimate of drug-likeness (QED) is 0.882. The molecule has 1 aliphatic rings. The normalized spacial score (nSPS) is 19.1. The van der Waals surface area contributed by atoms with Gasteiger partial charge < -0.3 is 10.6 Å². The molecule has 1 aromatic rings. The van der Waals surface area contributed by atoms with Gasteiger partial charge in [0, 0.05) is 24.3 Å². The van der Waals surface area contributed by atoms with Crippen LogP contribution in [0, 0.1) is 11.6 Å². The fourth-order valence-corrected chi connectivity index (χ4v) is 2.34. The standard InChI is InChI=1S/C14H19F2N3O/c1-19(11-3-2-6-17-8-11)9-14(20)18-10-4-5-12(15)13(16)7-10/h4-5,7,11,17H,2-3,6,8-9H2,1H3,(H,18,20). The van der Waals surface area contributed by atoms with Crippen molar-refractivity contribution in [3.8, 4) is 0 Å². The van der Waals surface area contributed by atoms with E-state index in [2.05, 4.69) is 10.6 Å². The molecule has 1 heterocycles. The molecule has 0 bridgehead atoms. The number of rotatable bonds is 4. The van der Waals surface area contributed by atoms with E-state index in [9.17, 15) is 13.6 Å². The molecule has 4 nitrogen and oxygen atoms in total. The number of hydrogen-bond acceptors (Lipinski definition) is 3. The Hall–Kier alpha value is -1.53. The molecular weight excluding hydrogens is 264 g/mol. The molecule has 0 radical (unpaired) electrons. The van der Waals surface area contributed by atoms with E-state index in [1.807, 2.05) is 11.9 Å². The number of nitrogens with zero attached hydrogens (tertiary/aromatic N) is 1.